The van der Waals surface area contributed by atoms with Crippen LogP contribution in [0.4, 0.5) is 0 Å². The first-order valence-electron chi connectivity index (χ1n) is 10.7. The van der Waals surface area contributed by atoms with E-state index in [9.17, 15) is 4.79 Å². The van der Waals surface area contributed by atoms with Gasteiger partial charge in [-0.1, -0.05) is 30.3 Å². The second-order valence-corrected chi connectivity index (χ2v) is 8.50. The number of benzene rings is 2. The van der Waals surface area contributed by atoms with Crippen molar-refractivity contribution in [2.45, 2.75) is 37.3 Å². The molecule has 3 aliphatic rings. The van der Waals surface area contributed by atoms with Crippen molar-refractivity contribution in [2.24, 2.45) is 0 Å². The molecule has 2 saturated heterocycles. The molecular weight excluding hydrogens is 380 g/mol. The third-order valence-corrected chi connectivity index (χ3v) is 6.57. The van der Waals surface area contributed by atoms with Gasteiger partial charge in [0.1, 0.15) is 19.0 Å². The van der Waals surface area contributed by atoms with Crippen LogP contribution in [-0.4, -0.2) is 49.8 Å². The first-order valence-corrected chi connectivity index (χ1v) is 10.7. The van der Waals surface area contributed by atoms with Crippen LogP contribution >= 0.6 is 0 Å². The number of fused-ring (bicyclic) bond motifs is 1. The monoisotopic (exact) mass is 408 g/mol. The molecule has 2 atom stereocenters. The predicted molar refractivity (Wildman–Crippen MR) is 113 cm³/mol. The van der Waals surface area contributed by atoms with Crippen molar-refractivity contribution in [2.75, 3.05) is 33.4 Å². The molecule has 2 aromatic rings. The molecule has 3 aliphatic heterocycles. The average Bonchev–Trinajstić information content (AvgIpc) is 3.10. The summed E-state index contributed by atoms with van der Waals surface area (Å²) >= 11 is 0. The maximum Gasteiger partial charge on any atom is 0.220 e. The fourth-order valence-corrected chi connectivity index (χ4v) is 5.25. The highest BCUT2D eigenvalue weighted by atomic mass is 16.6. The maximum atomic E-state index is 12.3. The zero-order chi connectivity index (χ0) is 20.6. The van der Waals surface area contributed by atoms with E-state index in [1.165, 1.54) is 5.56 Å². The summed E-state index contributed by atoms with van der Waals surface area (Å²) in [5, 5.41) is 3.38. The summed E-state index contributed by atoms with van der Waals surface area (Å²) in [4.78, 5) is 14.8. The molecule has 158 valence electrons. The van der Waals surface area contributed by atoms with Gasteiger partial charge in [-0.25, -0.2) is 0 Å². The number of methoxy groups -OCH3 is 1. The van der Waals surface area contributed by atoms with Gasteiger partial charge in [-0.05, 0) is 24.5 Å². The smallest absolute Gasteiger partial charge is 0.220 e. The molecule has 5 rings (SSSR count). The van der Waals surface area contributed by atoms with Gasteiger partial charge >= 0.3 is 0 Å². The van der Waals surface area contributed by atoms with Crippen LogP contribution in [0.5, 0.6) is 17.2 Å². The number of nitrogens with zero attached hydrogens (tertiary/aromatic N) is 1. The summed E-state index contributed by atoms with van der Waals surface area (Å²) < 4.78 is 17.1. The molecule has 0 saturated carbocycles. The van der Waals surface area contributed by atoms with E-state index in [2.05, 4.69) is 34.5 Å². The van der Waals surface area contributed by atoms with Crippen molar-refractivity contribution in [3.63, 3.8) is 0 Å². The Hall–Kier alpha value is -2.73. The Morgan fingerprint density at radius 1 is 1.17 bits per heavy atom. The number of piperidine rings is 1. The lowest BCUT2D eigenvalue weighted by atomic mass is 9.76. The molecule has 3 heterocycles. The van der Waals surface area contributed by atoms with Gasteiger partial charge in [-0.3, -0.25) is 9.69 Å². The number of ether oxygens (including phenoxy) is 3. The van der Waals surface area contributed by atoms with Crippen molar-refractivity contribution in [1.82, 2.24) is 10.2 Å². The normalized spacial score (nSPS) is 25.9. The molecule has 1 amide bonds. The molecule has 0 bridgehead atoms. The quantitative estimate of drug-likeness (QED) is 0.843. The van der Waals surface area contributed by atoms with E-state index in [0.717, 1.165) is 55.3 Å². The Balaban J connectivity index is 1.44. The number of amides is 1. The molecule has 0 radical (unpaired) electrons. The molecular formula is C24H28N2O4. The van der Waals surface area contributed by atoms with Gasteiger partial charge in [0.25, 0.3) is 0 Å². The summed E-state index contributed by atoms with van der Waals surface area (Å²) in [6, 6.07) is 14.5. The van der Waals surface area contributed by atoms with Gasteiger partial charge in [-0.15, -0.1) is 0 Å². The van der Waals surface area contributed by atoms with E-state index in [0.29, 0.717) is 19.6 Å². The number of likely N-dealkylation sites (tertiary alicyclic amines) is 1. The first kappa shape index (κ1) is 19.2. The molecule has 0 unspecified atom stereocenters. The van der Waals surface area contributed by atoms with Crippen LogP contribution in [0.2, 0.25) is 0 Å². The minimum Gasteiger partial charge on any atom is -0.496 e. The Morgan fingerprint density at radius 3 is 2.67 bits per heavy atom. The van der Waals surface area contributed by atoms with E-state index in [1.54, 1.807) is 7.11 Å². The summed E-state index contributed by atoms with van der Waals surface area (Å²) in [5.74, 6) is 2.76. The molecule has 0 aliphatic carbocycles. The molecule has 1 spiro atoms. The van der Waals surface area contributed by atoms with Crippen LogP contribution in [0.3, 0.4) is 0 Å². The second kappa shape index (κ2) is 7.84. The zero-order valence-corrected chi connectivity index (χ0v) is 17.4. The van der Waals surface area contributed by atoms with Crippen LogP contribution in [-0.2, 0) is 11.3 Å². The Labute approximate surface area is 177 Å². The first-order chi connectivity index (χ1) is 14.7. The van der Waals surface area contributed by atoms with Crippen LogP contribution in [0.15, 0.2) is 42.5 Å². The highest BCUT2D eigenvalue weighted by Gasteiger charge is 2.49. The van der Waals surface area contributed by atoms with Crippen molar-refractivity contribution in [3.8, 4) is 17.2 Å². The predicted octanol–water partition coefficient (Wildman–Crippen LogP) is 3.10. The third kappa shape index (κ3) is 3.49. The van der Waals surface area contributed by atoms with E-state index in [4.69, 9.17) is 14.2 Å². The highest BCUT2D eigenvalue weighted by molar-refractivity contribution is 5.78. The topological polar surface area (TPSA) is 60.0 Å². The summed E-state index contributed by atoms with van der Waals surface area (Å²) in [7, 11) is 1.69. The number of carbonyl (C=O) groups excluding carboxylic acids is 1. The van der Waals surface area contributed by atoms with E-state index >= 15 is 0 Å². The van der Waals surface area contributed by atoms with Crippen LogP contribution in [0, 0.1) is 0 Å². The van der Waals surface area contributed by atoms with E-state index in [1.807, 2.05) is 18.2 Å². The lowest BCUT2D eigenvalue weighted by molar-refractivity contribution is -0.125. The average molecular weight is 408 g/mol. The van der Waals surface area contributed by atoms with E-state index in [-0.39, 0.29) is 17.4 Å². The minimum atomic E-state index is -0.211. The number of rotatable bonds is 4. The van der Waals surface area contributed by atoms with Gasteiger partial charge in [0.05, 0.1) is 12.6 Å². The largest absolute Gasteiger partial charge is 0.496 e. The number of carbonyl (C=O) groups is 1. The van der Waals surface area contributed by atoms with Gasteiger partial charge in [0, 0.05) is 43.6 Å². The molecule has 2 aromatic carbocycles. The minimum absolute atomic E-state index is 0.168. The number of hydrogen-bond acceptors (Lipinski definition) is 5. The maximum absolute atomic E-state index is 12.3. The van der Waals surface area contributed by atoms with Gasteiger partial charge in [-0.2, -0.15) is 0 Å². The fraction of sp³-hybridized carbons (Fsp3) is 0.458. The van der Waals surface area contributed by atoms with Crippen molar-refractivity contribution in [3.05, 3.63) is 53.6 Å². The summed E-state index contributed by atoms with van der Waals surface area (Å²) in [5.41, 5.74) is 2.15. The Bertz CT molecular complexity index is 932. The van der Waals surface area contributed by atoms with Crippen LogP contribution < -0.4 is 19.5 Å². The standard InChI is InChI=1S/C24H28N2O4/c1-28-20-13-22-21(29-10-11-30-22)12-18(20)14-26-15-19(17-6-3-2-4-7-17)24(16-26)9-5-8-23(27)25-24/h2-4,6-7,12-13,19H,5,8-11,14-16H2,1H3,(H,25,27)/t19-,24+/m0/s1. The molecule has 30 heavy (non-hydrogen) atoms. The number of nitrogens with one attached hydrogen (secondary N) is 1. The molecule has 2 fully saturated rings. The van der Waals surface area contributed by atoms with Crippen molar-refractivity contribution < 1.29 is 19.0 Å². The Kier molecular flexibility index (Phi) is 5.03. The van der Waals surface area contributed by atoms with Crippen molar-refractivity contribution >= 4 is 5.91 Å². The SMILES string of the molecule is COc1cc2c(cc1CN1C[C@@H](c3ccccc3)[C@@]3(CCCC(=O)N3)C1)OCCO2. The van der Waals surface area contributed by atoms with Crippen LogP contribution in [0.25, 0.3) is 0 Å². The zero-order valence-electron chi connectivity index (χ0n) is 17.4. The second-order valence-electron chi connectivity index (χ2n) is 8.50. The lowest BCUT2D eigenvalue weighted by Gasteiger charge is -2.39. The van der Waals surface area contributed by atoms with Gasteiger partial charge in [0.2, 0.25) is 5.91 Å². The van der Waals surface area contributed by atoms with E-state index < -0.39 is 0 Å². The molecule has 6 heteroatoms. The number of hydrogen-bond donors (Lipinski definition) is 1. The van der Waals surface area contributed by atoms with Crippen molar-refractivity contribution in [1.29, 1.82) is 0 Å². The van der Waals surface area contributed by atoms with Crippen LogP contribution in [0.1, 0.15) is 36.3 Å². The Morgan fingerprint density at radius 2 is 1.93 bits per heavy atom. The third-order valence-electron chi connectivity index (χ3n) is 6.57. The lowest BCUT2D eigenvalue weighted by Crippen LogP contribution is -2.56. The summed E-state index contributed by atoms with van der Waals surface area (Å²) in [6.45, 7) is 3.58. The molecule has 1 N–H and O–H groups in total. The molecule has 0 aromatic heterocycles. The summed E-state index contributed by atoms with van der Waals surface area (Å²) in [6.07, 6.45) is 2.57. The fourth-order valence-electron chi connectivity index (χ4n) is 5.25. The highest BCUT2D eigenvalue weighted by Crippen LogP contribution is 2.43. The van der Waals surface area contributed by atoms with Gasteiger partial charge < -0.3 is 19.5 Å². The molecule has 6 nitrogen and oxygen atoms in total. The van der Waals surface area contributed by atoms with Gasteiger partial charge in [0.15, 0.2) is 11.5 Å².